The first kappa shape index (κ1) is 12.9. The van der Waals surface area contributed by atoms with Crippen molar-refractivity contribution >= 4 is 5.69 Å². The number of anilines is 1. The van der Waals surface area contributed by atoms with Crippen molar-refractivity contribution in [3.8, 4) is 0 Å². The van der Waals surface area contributed by atoms with Crippen molar-refractivity contribution in [2.75, 3.05) is 18.0 Å². The molecule has 4 heteroatoms. The first-order valence-corrected chi connectivity index (χ1v) is 7.29. The Morgan fingerprint density at radius 1 is 1.37 bits per heavy atom. The summed E-state index contributed by atoms with van der Waals surface area (Å²) in [6, 6.07) is 4.81. The summed E-state index contributed by atoms with van der Waals surface area (Å²) in [7, 11) is 0. The molecule has 2 saturated heterocycles. The maximum Gasteiger partial charge on any atom is 0.0755 e. The number of nitrogens with zero attached hydrogens (tertiary/aromatic N) is 2. The third-order valence-corrected chi connectivity index (χ3v) is 3.90. The number of hydrogen-bond acceptors (Lipinski definition) is 4. The summed E-state index contributed by atoms with van der Waals surface area (Å²) < 4.78 is 5.89. The van der Waals surface area contributed by atoms with E-state index in [0.29, 0.717) is 18.2 Å². The molecule has 4 nitrogen and oxygen atoms in total. The van der Waals surface area contributed by atoms with E-state index in [1.807, 2.05) is 6.20 Å². The number of fused-ring (bicyclic) bond motifs is 2. The average Bonchev–Trinajstić information content (AvgIpc) is 2.75. The Hall–Kier alpha value is -1.13. The number of nitrogens with one attached hydrogen (secondary N) is 1. The summed E-state index contributed by atoms with van der Waals surface area (Å²) in [4.78, 5) is 6.89. The van der Waals surface area contributed by atoms with Crippen molar-refractivity contribution < 1.29 is 4.74 Å². The second kappa shape index (κ2) is 5.47. The molecule has 0 radical (unpaired) electrons. The molecule has 0 amide bonds. The maximum atomic E-state index is 5.89. The van der Waals surface area contributed by atoms with E-state index in [-0.39, 0.29) is 0 Å². The molecule has 2 aliphatic heterocycles. The summed E-state index contributed by atoms with van der Waals surface area (Å²) >= 11 is 0. The predicted octanol–water partition coefficient (Wildman–Crippen LogP) is 1.95. The second-order valence-corrected chi connectivity index (χ2v) is 5.90. The zero-order chi connectivity index (χ0) is 13.2. The van der Waals surface area contributed by atoms with Crippen LogP contribution in [0.5, 0.6) is 0 Å². The van der Waals surface area contributed by atoms with Crippen LogP contribution in [0.3, 0.4) is 0 Å². The van der Waals surface area contributed by atoms with Crippen molar-refractivity contribution in [2.45, 2.75) is 51.5 Å². The molecule has 2 fully saturated rings. The van der Waals surface area contributed by atoms with E-state index >= 15 is 0 Å². The van der Waals surface area contributed by atoms with Gasteiger partial charge >= 0.3 is 0 Å². The molecule has 2 atom stereocenters. The predicted molar refractivity (Wildman–Crippen MR) is 76.3 cm³/mol. The van der Waals surface area contributed by atoms with Gasteiger partial charge in [-0.15, -0.1) is 0 Å². The molecule has 2 aliphatic rings. The molecule has 0 aromatic carbocycles. The number of aromatic nitrogens is 1. The number of hydrogen-bond donors (Lipinski definition) is 1. The number of ether oxygens (including phenoxy) is 1. The van der Waals surface area contributed by atoms with Crippen molar-refractivity contribution in [3.05, 3.63) is 24.0 Å². The molecule has 1 aromatic rings. The molecule has 3 heterocycles. The minimum absolute atomic E-state index is 0.434. The quantitative estimate of drug-likeness (QED) is 0.899. The largest absolute Gasteiger partial charge is 0.371 e. The molecular weight excluding hydrogens is 238 g/mol. The van der Waals surface area contributed by atoms with E-state index < -0.39 is 0 Å². The smallest absolute Gasteiger partial charge is 0.0755 e. The lowest BCUT2D eigenvalue weighted by molar-refractivity contribution is 0.0305. The van der Waals surface area contributed by atoms with E-state index in [1.54, 1.807) is 0 Å². The van der Waals surface area contributed by atoms with Gasteiger partial charge in [0.05, 0.1) is 17.9 Å². The van der Waals surface area contributed by atoms with Gasteiger partial charge < -0.3 is 15.0 Å². The first-order chi connectivity index (χ1) is 9.20. The number of rotatable bonds is 4. The third kappa shape index (κ3) is 3.07. The van der Waals surface area contributed by atoms with Crippen molar-refractivity contribution in [1.82, 2.24) is 10.3 Å². The van der Waals surface area contributed by atoms with E-state index in [0.717, 1.165) is 25.3 Å². The second-order valence-electron chi connectivity index (χ2n) is 5.90. The van der Waals surface area contributed by atoms with Crippen molar-refractivity contribution in [2.24, 2.45) is 0 Å². The Morgan fingerprint density at radius 3 is 2.79 bits per heavy atom. The van der Waals surface area contributed by atoms with Crippen LogP contribution in [0.1, 0.15) is 32.4 Å². The fourth-order valence-electron chi connectivity index (χ4n) is 2.89. The lowest BCUT2D eigenvalue weighted by atomic mass is 10.2. The topological polar surface area (TPSA) is 37.4 Å². The highest BCUT2D eigenvalue weighted by atomic mass is 16.5. The fraction of sp³-hybridized carbons (Fsp3) is 0.667. The van der Waals surface area contributed by atoms with E-state index in [2.05, 4.69) is 41.2 Å². The summed E-state index contributed by atoms with van der Waals surface area (Å²) in [6.07, 6.45) is 5.22. The van der Waals surface area contributed by atoms with Crippen LogP contribution in [-0.4, -0.2) is 36.3 Å². The summed E-state index contributed by atoms with van der Waals surface area (Å²) in [5.41, 5.74) is 2.40. The van der Waals surface area contributed by atoms with Gasteiger partial charge in [-0.3, -0.25) is 4.98 Å². The molecule has 1 N–H and O–H groups in total. The van der Waals surface area contributed by atoms with Gasteiger partial charge in [0.25, 0.3) is 0 Å². The van der Waals surface area contributed by atoms with Crippen LogP contribution in [0.25, 0.3) is 0 Å². The molecule has 0 spiro atoms. The van der Waals surface area contributed by atoms with Gasteiger partial charge in [-0.05, 0) is 25.0 Å². The zero-order valence-electron chi connectivity index (χ0n) is 11.8. The molecule has 3 rings (SSSR count). The Balaban J connectivity index is 1.68. The van der Waals surface area contributed by atoms with Crippen LogP contribution in [0.4, 0.5) is 5.69 Å². The van der Waals surface area contributed by atoms with Gasteiger partial charge in [0, 0.05) is 37.6 Å². The Bertz CT molecular complexity index is 423. The minimum atomic E-state index is 0.434. The first-order valence-electron chi connectivity index (χ1n) is 7.29. The highest BCUT2D eigenvalue weighted by Crippen LogP contribution is 2.29. The normalized spacial score (nSPS) is 26.2. The lowest BCUT2D eigenvalue weighted by Gasteiger charge is -2.34. The molecule has 0 aliphatic carbocycles. The van der Waals surface area contributed by atoms with Gasteiger partial charge in [0.1, 0.15) is 0 Å². The average molecular weight is 261 g/mol. The highest BCUT2D eigenvalue weighted by Gasteiger charge is 2.33. The molecule has 104 valence electrons. The van der Waals surface area contributed by atoms with Gasteiger partial charge in [-0.1, -0.05) is 13.8 Å². The summed E-state index contributed by atoms with van der Waals surface area (Å²) in [5.74, 6) is 0. The van der Waals surface area contributed by atoms with Gasteiger partial charge in [-0.25, -0.2) is 0 Å². The third-order valence-electron chi connectivity index (χ3n) is 3.90. The molecule has 1 aromatic heterocycles. The van der Waals surface area contributed by atoms with E-state index in [4.69, 9.17) is 4.74 Å². The Morgan fingerprint density at radius 2 is 2.11 bits per heavy atom. The number of morpholine rings is 1. The Labute approximate surface area is 115 Å². The molecule has 2 bridgehead atoms. The van der Waals surface area contributed by atoms with Crippen molar-refractivity contribution in [1.29, 1.82) is 0 Å². The van der Waals surface area contributed by atoms with E-state index in [9.17, 15) is 0 Å². The zero-order valence-corrected chi connectivity index (χ0v) is 11.8. The van der Waals surface area contributed by atoms with Crippen molar-refractivity contribution in [3.63, 3.8) is 0 Å². The molecule has 0 saturated carbocycles. The van der Waals surface area contributed by atoms with Crippen LogP contribution >= 0.6 is 0 Å². The molecule has 19 heavy (non-hydrogen) atoms. The molecular formula is C15H23N3O. The van der Waals surface area contributed by atoms with Crippen LogP contribution in [-0.2, 0) is 11.3 Å². The minimum Gasteiger partial charge on any atom is -0.371 e. The standard InChI is InChI=1S/C15H23N3O/c1-11(2)17-8-12-7-13(5-6-16-12)18-9-14-3-4-15(10-18)19-14/h5-7,11,14-15,17H,3-4,8-10H2,1-2H3. The Kier molecular flexibility index (Phi) is 3.71. The monoisotopic (exact) mass is 261 g/mol. The van der Waals surface area contributed by atoms with Gasteiger partial charge in [0.15, 0.2) is 0 Å². The van der Waals surface area contributed by atoms with Crippen LogP contribution in [0.2, 0.25) is 0 Å². The van der Waals surface area contributed by atoms with E-state index in [1.165, 1.54) is 18.5 Å². The van der Waals surface area contributed by atoms with Gasteiger partial charge in [-0.2, -0.15) is 0 Å². The fourth-order valence-corrected chi connectivity index (χ4v) is 2.89. The highest BCUT2D eigenvalue weighted by molar-refractivity contribution is 5.47. The van der Waals surface area contributed by atoms with Crippen LogP contribution < -0.4 is 10.2 Å². The van der Waals surface area contributed by atoms with Crippen LogP contribution in [0.15, 0.2) is 18.3 Å². The summed E-state index contributed by atoms with van der Waals surface area (Å²) in [6.45, 7) is 7.20. The number of pyridine rings is 1. The van der Waals surface area contributed by atoms with Crippen LogP contribution in [0, 0.1) is 0 Å². The lowest BCUT2D eigenvalue weighted by Crippen LogP contribution is -2.42. The summed E-state index contributed by atoms with van der Waals surface area (Å²) in [5, 5.41) is 3.42. The SMILES string of the molecule is CC(C)NCc1cc(N2CC3CCC(C2)O3)ccn1. The molecule has 2 unspecified atom stereocenters. The van der Waals surface area contributed by atoms with Gasteiger partial charge in [0.2, 0.25) is 0 Å². The maximum absolute atomic E-state index is 5.89.